The predicted octanol–water partition coefficient (Wildman–Crippen LogP) is 2.90. The number of aliphatic carboxylic acids is 1. The highest BCUT2D eigenvalue weighted by Crippen LogP contribution is 2.31. The standard InChI is InChI=1S/C39H63N5O8/c1-11-25(6)35(43(9)38(49)34(24(4)5)42-37(48)33(40-8)23(2)3)31(52-10)21-32(46)44-19-15-18-30(44)28(22-45)26(7)36(47)41-29(39(50)51)20-27-16-13-12-14-17-27/h12-14,16-17,22-26,28-31,33-35,40H,11,15,18-21H2,1-10H3,(H,41,47)(H,42,48)(H,50,51)/t25-,26+,28+,29-,30-,31+,33-,34-,35-/m0/s1. The third-order valence-electron chi connectivity index (χ3n) is 10.7. The number of hydrogen-bond acceptors (Lipinski definition) is 8. The monoisotopic (exact) mass is 729 g/mol. The number of hydrogen-bond donors (Lipinski definition) is 4. The van der Waals surface area contributed by atoms with Crippen LogP contribution in [0, 0.1) is 29.6 Å². The fraction of sp³-hybridized carbons (Fsp3) is 0.692. The maximum Gasteiger partial charge on any atom is 0.326 e. The van der Waals surface area contributed by atoms with Gasteiger partial charge < -0.3 is 40.4 Å². The number of aldehydes is 1. The number of likely N-dealkylation sites (tertiary alicyclic amines) is 1. The minimum atomic E-state index is -1.19. The zero-order valence-electron chi connectivity index (χ0n) is 32.8. The van der Waals surface area contributed by atoms with E-state index >= 15 is 0 Å². The molecule has 1 saturated heterocycles. The molecule has 0 bridgehead atoms. The van der Waals surface area contributed by atoms with Gasteiger partial charge in [0, 0.05) is 45.0 Å². The van der Waals surface area contributed by atoms with Crippen molar-refractivity contribution in [2.75, 3.05) is 27.7 Å². The summed E-state index contributed by atoms with van der Waals surface area (Å²) in [6, 6.07) is 5.42. The molecule has 1 aromatic rings. The lowest BCUT2D eigenvalue weighted by Gasteiger charge is -2.40. The molecule has 13 heteroatoms. The lowest BCUT2D eigenvalue weighted by atomic mass is 9.85. The highest BCUT2D eigenvalue weighted by molar-refractivity contribution is 5.90. The molecule has 0 spiro atoms. The zero-order chi connectivity index (χ0) is 39.3. The minimum Gasteiger partial charge on any atom is -0.480 e. The van der Waals surface area contributed by atoms with Crippen LogP contribution in [0.25, 0.3) is 0 Å². The maximum absolute atomic E-state index is 14.1. The number of methoxy groups -OCH3 is 1. The first-order valence-corrected chi connectivity index (χ1v) is 18.6. The lowest BCUT2D eigenvalue weighted by molar-refractivity contribution is -0.147. The van der Waals surface area contributed by atoms with Crippen molar-refractivity contribution < 1.29 is 38.6 Å². The number of amides is 4. The van der Waals surface area contributed by atoms with Crippen LogP contribution < -0.4 is 16.0 Å². The quantitative estimate of drug-likeness (QED) is 0.139. The SMILES string of the molecule is CC[C@H](C)[C@@H]([C@@H](CC(=O)N1CCC[C@H]1[C@H](C=O)[C@@H](C)C(=O)N[C@@H](Cc1ccccc1)C(=O)O)OC)N(C)C(=O)[C@@H](NC(=O)[C@@H](NC)C(C)C)C(C)C. The Morgan fingerprint density at radius 2 is 1.60 bits per heavy atom. The van der Waals surface area contributed by atoms with E-state index in [1.165, 1.54) is 7.11 Å². The summed E-state index contributed by atoms with van der Waals surface area (Å²) in [4.78, 5) is 82.5. The first-order chi connectivity index (χ1) is 24.5. The molecular formula is C39H63N5O8. The van der Waals surface area contributed by atoms with Gasteiger partial charge in [-0.15, -0.1) is 0 Å². The summed E-state index contributed by atoms with van der Waals surface area (Å²) in [5, 5.41) is 18.4. The maximum atomic E-state index is 14.1. The van der Waals surface area contributed by atoms with E-state index in [-0.39, 0.29) is 48.3 Å². The van der Waals surface area contributed by atoms with Gasteiger partial charge >= 0.3 is 5.97 Å². The number of carbonyl (C=O) groups excluding carboxylic acids is 5. The third-order valence-corrected chi connectivity index (χ3v) is 10.7. The molecule has 52 heavy (non-hydrogen) atoms. The van der Waals surface area contributed by atoms with Gasteiger partial charge in [-0.05, 0) is 43.2 Å². The van der Waals surface area contributed by atoms with Gasteiger partial charge in [-0.2, -0.15) is 0 Å². The normalized spacial score (nSPS) is 19.2. The second kappa shape index (κ2) is 21.0. The Kier molecular flexibility index (Phi) is 17.9. The summed E-state index contributed by atoms with van der Waals surface area (Å²) in [6.45, 7) is 13.6. The van der Waals surface area contributed by atoms with Crippen LogP contribution in [0.3, 0.4) is 0 Å². The van der Waals surface area contributed by atoms with Crippen molar-refractivity contribution in [3.8, 4) is 0 Å². The Morgan fingerprint density at radius 3 is 2.10 bits per heavy atom. The van der Waals surface area contributed by atoms with E-state index in [2.05, 4.69) is 16.0 Å². The number of nitrogens with one attached hydrogen (secondary N) is 3. The molecule has 1 aromatic carbocycles. The zero-order valence-corrected chi connectivity index (χ0v) is 32.8. The van der Waals surface area contributed by atoms with Gasteiger partial charge in [0.25, 0.3) is 0 Å². The van der Waals surface area contributed by atoms with Gasteiger partial charge in [0.15, 0.2) is 0 Å². The molecule has 1 heterocycles. The van der Waals surface area contributed by atoms with Crippen molar-refractivity contribution in [2.45, 2.75) is 117 Å². The summed E-state index contributed by atoms with van der Waals surface area (Å²) >= 11 is 0. The van der Waals surface area contributed by atoms with Crippen LogP contribution in [-0.2, 0) is 39.9 Å². The molecule has 0 unspecified atom stereocenters. The van der Waals surface area contributed by atoms with Crippen LogP contribution >= 0.6 is 0 Å². The molecule has 1 aliphatic heterocycles. The Labute approximate surface area is 310 Å². The number of ether oxygens (including phenoxy) is 1. The van der Waals surface area contributed by atoms with Gasteiger partial charge in [0.1, 0.15) is 18.4 Å². The van der Waals surface area contributed by atoms with Crippen molar-refractivity contribution in [2.24, 2.45) is 29.6 Å². The number of rotatable bonds is 21. The Balaban J connectivity index is 2.27. The van der Waals surface area contributed by atoms with Crippen molar-refractivity contribution in [3.05, 3.63) is 35.9 Å². The fourth-order valence-electron chi connectivity index (χ4n) is 7.33. The van der Waals surface area contributed by atoms with E-state index in [9.17, 15) is 33.9 Å². The molecule has 9 atom stereocenters. The summed E-state index contributed by atoms with van der Waals surface area (Å²) in [7, 11) is 4.89. The van der Waals surface area contributed by atoms with Crippen LogP contribution in [0.2, 0.25) is 0 Å². The van der Waals surface area contributed by atoms with Gasteiger partial charge in [0.2, 0.25) is 23.6 Å². The average molecular weight is 730 g/mol. The smallest absolute Gasteiger partial charge is 0.326 e. The third kappa shape index (κ3) is 11.6. The summed E-state index contributed by atoms with van der Waals surface area (Å²) in [6.07, 6.45) is 1.82. The van der Waals surface area contributed by atoms with E-state index in [0.29, 0.717) is 32.1 Å². The van der Waals surface area contributed by atoms with Crippen LogP contribution in [0.5, 0.6) is 0 Å². The molecular weight excluding hydrogens is 666 g/mol. The first-order valence-electron chi connectivity index (χ1n) is 18.6. The highest BCUT2D eigenvalue weighted by Gasteiger charge is 2.43. The molecule has 292 valence electrons. The van der Waals surface area contributed by atoms with Crippen LogP contribution in [0.15, 0.2) is 30.3 Å². The summed E-state index contributed by atoms with van der Waals surface area (Å²) in [5.74, 6) is -4.62. The highest BCUT2D eigenvalue weighted by atomic mass is 16.5. The number of carbonyl (C=O) groups is 6. The Hall–Kier alpha value is -3.84. The predicted molar refractivity (Wildman–Crippen MR) is 199 cm³/mol. The van der Waals surface area contributed by atoms with Gasteiger partial charge in [-0.25, -0.2) is 4.79 Å². The lowest BCUT2D eigenvalue weighted by Crippen LogP contribution is -2.59. The second-order valence-corrected chi connectivity index (χ2v) is 14.9. The molecule has 4 N–H and O–H groups in total. The number of likely N-dealkylation sites (N-methyl/N-ethyl adjacent to an activating group) is 2. The Morgan fingerprint density at radius 1 is 0.981 bits per heavy atom. The molecule has 4 amide bonds. The average Bonchev–Trinajstić information content (AvgIpc) is 3.59. The number of carboxylic acids is 1. The molecule has 13 nitrogen and oxygen atoms in total. The molecule has 0 aromatic heterocycles. The van der Waals surface area contributed by atoms with Crippen molar-refractivity contribution in [3.63, 3.8) is 0 Å². The van der Waals surface area contributed by atoms with Crippen molar-refractivity contribution >= 4 is 35.9 Å². The van der Waals surface area contributed by atoms with Gasteiger partial charge in [-0.1, -0.05) is 85.2 Å². The first kappa shape index (κ1) is 44.3. The number of nitrogens with zero attached hydrogens (tertiary/aromatic N) is 2. The summed E-state index contributed by atoms with van der Waals surface area (Å²) in [5.41, 5.74) is 0.746. The Bertz CT molecular complexity index is 1340. The second-order valence-electron chi connectivity index (χ2n) is 14.9. The van der Waals surface area contributed by atoms with Crippen molar-refractivity contribution in [1.29, 1.82) is 0 Å². The van der Waals surface area contributed by atoms with Gasteiger partial charge in [-0.3, -0.25) is 19.2 Å². The molecule has 0 aliphatic carbocycles. The molecule has 0 radical (unpaired) electrons. The molecule has 0 saturated carbocycles. The summed E-state index contributed by atoms with van der Waals surface area (Å²) < 4.78 is 5.94. The topological polar surface area (TPSA) is 174 Å². The van der Waals surface area contributed by atoms with E-state index < -0.39 is 60.0 Å². The minimum absolute atomic E-state index is 0.00860. The fourth-order valence-corrected chi connectivity index (χ4v) is 7.33. The van der Waals surface area contributed by atoms with Gasteiger partial charge in [0.05, 0.1) is 24.6 Å². The number of benzene rings is 1. The van der Waals surface area contributed by atoms with Crippen LogP contribution in [0.1, 0.15) is 79.7 Å². The van der Waals surface area contributed by atoms with Crippen LogP contribution in [-0.4, -0.2) is 115 Å². The molecule has 1 fully saturated rings. The van der Waals surface area contributed by atoms with Crippen molar-refractivity contribution in [1.82, 2.24) is 25.8 Å². The largest absolute Gasteiger partial charge is 0.480 e. The van der Waals surface area contributed by atoms with E-state index in [4.69, 9.17) is 4.74 Å². The molecule has 2 rings (SSSR count). The number of carboxylic acid groups (broad SMARTS) is 1. The van der Waals surface area contributed by atoms with Crippen LogP contribution in [0.4, 0.5) is 0 Å². The van der Waals surface area contributed by atoms with E-state index in [0.717, 1.165) is 5.56 Å². The molecule has 1 aliphatic rings. The van der Waals surface area contributed by atoms with E-state index in [1.807, 2.05) is 47.6 Å². The van der Waals surface area contributed by atoms with E-state index in [1.54, 1.807) is 55.1 Å².